The molecule has 2 rings (SSSR count). The number of aromatic nitrogens is 5. The largest absolute Gasteiger partial charge is 0.421 e. The zero-order chi connectivity index (χ0) is 15.2. The van der Waals surface area contributed by atoms with Gasteiger partial charge in [0.2, 0.25) is 11.9 Å². The van der Waals surface area contributed by atoms with Gasteiger partial charge in [0.05, 0.1) is 12.4 Å². The summed E-state index contributed by atoms with van der Waals surface area (Å²) in [4.78, 5) is 14.7. The minimum absolute atomic E-state index is 0.253. The first-order valence-electron chi connectivity index (χ1n) is 7.00. The van der Waals surface area contributed by atoms with Crippen LogP contribution in [0.5, 0.6) is 11.8 Å². The summed E-state index contributed by atoms with van der Waals surface area (Å²) in [6.07, 6.45) is 4.43. The van der Waals surface area contributed by atoms with Gasteiger partial charge in [-0.2, -0.15) is 20.1 Å². The summed E-state index contributed by atoms with van der Waals surface area (Å²) < 4.78 is 7.44. The maximum atomic E-state index is 5.66. The van der Waals surface area contributed by atoms with Crippen LogP contribution in [-0.2, 0) is 6.54 Å². The summed E-state index contributed by atoms with van der Waals surface area (Å²) in [5.41, 5.74) is 0. The fraction of sp³-hybridized carbons (Fsp3) is 0.538. The van der Waals surface area contributed by atoms with Crippen LogP contribution >= 0.6 is 0 Å². The van der Waals surface area contributed by atoms with Crippen LogP contribution in [0.4, 0.5) is 11.9 Å². The van der Waals surface area contributed by atoms with Gasteiger partial charge < -0.3 is 15.0 Å². The Kier molecular flexibility index (Phi) is 4.91. The maximum Gasteiger partial charge on any atom is 0.328 e. The van der Waals surface area contributed by atoms with Gasteiger partial charge in [-0.15, -0.1) is 0 Å². The molecule has 0 saturated carbocycles. The van der Waals surface area contributed by atoms with Gasteiger partial charge in [0.1, 0.15) is 0 Å². The molecule has 0 atom stereocenters. The Morgan fingerprint density at radius 1 is 1.24 bits per heavy atom. The fourth-order valence-corrected chi connectivity index (χ4v) is 1.58. The van der Waals surface area contributed by atoms with Crippen LogP contribution in [-0.4, -0.2) is 45.4 Å². The average Bonchev–Trinajstić information content (AvgIpc) is 2.92. The Morgan fingerprint density at radius 3 is 2.67 bits per heavy atom. The minimum Gasteiger partial charge on any atom is -0.421 e. The first-order valence-corrected chi connectivity index (χ1v) is 7.00. The number of rotatable bonds is 7. The highest BCUT2D eigenvalue weighted by Gasteiger charge is 2.10. The summed E-state index contributed by atoms with van der Waals surface area (Å²) in [5.74, 6) is 1.66. The molecule has 2 heterocycles. The van der Waals surface area contributed by atoms with Crippen molar-refractivity contribution in [3.05, 3.63) is 12.4 Å². The molecule has 0 bridgehead atoms. The summed E-state index contributed by atoms with van der Waals surface area (Å²) >= 11 is 0. The Hall–Kier alpha value is -2.38. The third-order valence-corrected chi connectivity index (χ3v) is 2.68. The van der Waals surface area contributed by atoms with Crippen molar-refractivity contribution < 1.29 is 4.74 Å². The van der Waals surface area contributed by atoms with E-state index in [9.17, 15) is 0 Å². The van der Waals surface area contributed by atoms with Crippen molar-refractivity contribution in [2.24, 2.45) is 0 Å². The monoisotopic (exact) mass is 291 g/mol. The number of hydrogen-bond acceptors (Lipinski definition) is 7. The molecule has 0 fully saturated rings. The molecule has 21 heavy (non-hydrogen) atoms. The number of anilines is 2. The van der Waals surface area contributed by atoms with E-state index in [0.717, 1.165) is 19.5 Å². The number of nitrogens with zero attached hydrogens (tertiary/aromatic N) is 6. The van der Waals surface area contributed by atoms with Gasteiger partial charge >= 0.3 is 6.01 Å². The Balaban J connectivity index is 2.22. The first kappa shape index (κ1) is 15.0. The number of hydrogen-bond donors (Lipinski definition) is 1. The molecule has 0 saturated heterocycles. The lowest BCUT2D eigenvalue weighted by molar-refractivity contribution is 0.439. The van der Waals surface area contributed by atoms with E-state index < -0.39 is 0 Å². The minimum atomic E-state index is 0.253. The van der Waals surface area contributed by atoms with E-state index in [1.165, 1.54) is 0 Å². The summed E-state index contributed by atoms with van der Waals surface area (Å²) in [7, 11) is 3.75. The molecule has 0 spiro atoms. The lowest BCUT2D eigenvalue weighted by Gasteiger charge is -2.12. The van der Waals surface area contributed by atoms with Gasteiger partial charge in [-0.05, 0) is 13.3 Å². The molecule has 0 aromatic carbocycles. The van der Waals surface area contributed by atoms with E-state index in [4.69, 9.17) is 4.74 Å². The molecular weight excluding hydrogens is 270 g/mol. The van der Waals surface area contributed by atoms with Crippen molar-refractivity contribution in [1.82, 2.24) is 24.7 Å². The van der Waals surface area contributed by atoms with Crippen molar-refractivity contribution >= 4 is 11.9 Å². The van der Waals surface area contributed by atoms with Crippen LogP contribution in [0, 0.1) is 0 Å². The van der Waals surface area contributed by atoms with E-state index in [-0.39, 0.29) is 6.01 Å². The standard InChI is InChI=1S/C13H21N7O/c1-5-7-14-11-16-12(19(3)4)18-13(17-11)21-10-8-15-20(6-2)9-10/h8-9H,5-7H2,1-4H3,(H,14,16,17,18). The quantitative estimate of drug-likeness (QED) is 0.832. The van der Waals surface area contributed by atoms with E-state index in [2.05, 4.69) is 32.3 Å². The van der Waals surface area contributed by atoms with Crippen LogP contribution in [0.3, 0.4) is 0 Å². The third kappa shape index (κ3) is 4.04. The highest BCUT2D eigenvalue weighted by atomic mass is 16.5. The zero-order valence-corrected chi connectivity index (χ0v) is 12.9. The molecule has 0 radical (unpaired) electrons. The van der Waals surface area contributed by atoms with Crippen LogP contribution in [0.25, 0.3) is 0 Å². The van der Waals surface area contributed by atoms with Crippen molar-refractivity contribution in [3.8, 4) is 11.8 Å². The van der Waals surface area contributed by atoms with Crippen molar-refractivity contribution in [2.75, 3.05) is 30.9 Å². The van der Waals surface area contributed by atoms with Crippen LogP contribution in [0.2, 0.25) is 0 Å². The number of aryl methyl sites for hydroxylation is 1. The Bertz CT molecular complexity index is 582. The lowest BCUT2D eigenvalue weighted by atomic mass is 10.5. The molecule has 0 aliphatic carbocycles. The first-order chi connectivity index (χ1) is 10.1. The van der Waals surface area contributed by atoms with E-state index in [0.29, 0.717) is 17.6 Å². The highest BCUT2D eigenvalue weighted by Crippen LogP contribution is 2.20. The molecule has 8 nitrogen and oxygen atoms in total. The molecular formula is C13H21N7O. The predicted octanol–water partition coefficient (Wildman–Crippen LogP) is 1.77. The SMILES string of the molecule is CCCNc1nc(Oc2cnn(CC)c2)nc(N(C)C)n1. The topological polar surface area (TPSA) is 81.0 Å². The molecule has 0 aliphatic heterocycles. The molecule has 1 N–H and O–H groups in total. The van der Waals surface area contributed by atoms with Crippen molar-refractivity contribution in [3.63, 3.8) is 0 Å². The zero-order valence-electron chi connectivity index (χ0n) is 12.9. The second-order valence-corrected chi connectivity index (χ2v) is 4.70. The second kappa shape index (κ2) is 6.87. The summed E-state index contributed by atoms with van der Waals surface area (Å²) in [5, 5.41) is 7.30. The maximum absolute atomic E-state index is 5.66. The number of nitrogens with one attached hydrogen (secondary N) is 1. The Labute approximate surface area is 124 Å². The van der Waals surface area contributed by atoms with E-state index >= 15 is 0 Å². The molecule has 0 aliphatic rings. The van der Waals surface area contributed by atoms with Gasteiger partial charge in [-0.1, -0.05) is 6.92 Å². The molecule has 2 aromatic heterocycles. The van der Waals surface area contributed by atoms with Gasteiger partial charge in [0.15, 0.2) is 5.75 Å². The number of ether oxygens (including phenoxy) is 1. The van der Waals surface area contributed by atoms with Crippen molar-refractivity contribution in [1.29, 1.82) is 0 Å². The second-order valence-electron chi connectivity index (χ2n) is 4.70. The summed E-state index contributed by atoms with van der Waals surface area (Å²) in [6.45, 7) is 5.67. The van der Waals surface area contributed by atoms with Crippen LogP contribution < -0.4 is 15.0 Å². The van der Waals surface area contributed by atoms with E-state index in [1.807, 2.05) is 21.0 Å². The molecule has 114 valence electrons. The highest BCUT2D eigenvalue weighted by molar-refractivity contribution is 5.37. The summed E-state index contributed by atoms with van der Waals surface area (Å²) in [6, 6.07) is 0.253. The van der Waals surface area contributed by atoms with Gasteiger partial charge in [0.25, 0.3) is 0 Å². The molecule has 0 amide bonds. The normalized spacial score (nSPS) is 10.5. The smallest absolute Gasteiger partial charge is 0.328 e. The molecule has 8 heteroatoms. The van der Waals surface area contributed by atoms with Gasteiger partial charge in [0, 0.05) is 27.2 Å². The predicted molar refractivity (Wildman–Crippen MR) is 80.9 cm³/mol. The van der Waals surface area contributed by atoms with Crippen molar-refractivity contribution in [2.45, 2.75) is 26.8 Å². The van der Waals surface area contributed by atoms with Gasteiger partial charge in [-0.25, -0.2) is 0 Å². The Morgan fingerprint density at radius 2 is 2.05 bits per heavy atom. The average molecular weight is 291 g/mol. The fourth-order valence-electron chi connectivity index (χ4n) is 1.58. The molecule has 0 unspecified atom stereocenters. The molecule has 2 aromatic rings. The van der Waals surface area contributed by atoms with Crippen LogP contribution in [0.1, 0.15) is 20.3 Å². The third-order valence-electron chi connectivity index (χ3n) is 2.68. The lowest BCUT2D eigenvalue weighted by Crippen LogP contribution is -2.16. The van der Waals surface area contributed by atoms with Gasteiger partial charge in [-0.3, -0.25) is 4.68 Å². The van der Waals surface area contributed by atoms with E-state index in [1.54, 1.807) is 22.0 Å². The van der Waals surface area contributed by atoms with Crippen LogP contribution in [0.15, 0.2) is 12.4 Å².